The second-order valence-electron chi connectivity index (χ2n) is 7.22. The zero-order valence-corrected chi connectivity index (χ0v) is 18.1. The molecule has 0 saturated heterocycles. The van der Waals surface area contributed by atoms with E-state index in [9.17, 15) is 18.0 Å². The number of carbonyl (C=O) groups is 1. The van der Waals surface area contributed by atoms with Crippen LogP contribution >= 0.6 is 0 Å². The van der Waals surface area contributed by atoms with E-state index in [-0.39, 0.29) is 22.9 Å². The number of carbonyl (C=O) groups excluding carboxylic acids is 1. The fourth-order valence-electron chi connectivity index (χ4n) is 2.94. The molecular weight excluding hydrogens is 408 g/mol. The maximum Gasteiger partial charge on any atom is 0.411 e. The van der Waals surface area contributed by atoms with Gasteiger partial charge in [0.1, 0.15) is 11.4 Å². The van der Waals surface area contributed by atoms with Crippen molar-refractivity contribution in [2.24, 2.45) is 13.0 Å². The lowest BCUT2D eigenvalue weighted by Crippen LogP contribution is -2.24. The summed E-state index contributed by atoms with van der Waals surface area (Å²) >= 11 is 0. The molecule has 1 amide bonds. The predicted octanol–water partition coefficient (Wildman–Crippen LogP) is 3.20. The summed E-state index contributed by atoms with van der Waals surface area (Å²) in [5.41, 5.74) is 0.700. The molecule has 0 radical (unpaired) electrons. The quantitative estimate of drug-likeness (QED) is 0.684. The molecule has 1 aliphatic rings. The average Bonchev–Trinajstić information content (AvgIpc) is 3.54. The summed E-state index contributed by atoms with van der Waals surface area (Å²) in [6.07, 6.45) is 3.08. The summed E-state index contributed by atoms with van der Waals surface area (Å²) in [6, 6.07) is 6.23. The molecule has 1 N–H and O–H groups in total. The van der Waals surface area contributed by atoms with E-state index in [1.807, 2.05) is 0 Å². The van der Waals surface area contributed by atoms with Crippen molar-refractivity contribution in [1.29, 1.82) is 0 Å². The van der Waals surface area contributed by atoms with E-state index in [4.69, 9.17) is 9.47 Å². The van der Waals surface area contributed by atoms with E-state index in [0.717, 1.165) is 12.8 Å². The first kappa shape index (κ1) is 21.9. The van der Waals surface area contributed by atoms with Gasteiger partial charge in [-0.15, -0.1) is 0 Å². The van der Waals surface area contributed by atoms with Gasteiger partial charge in [-0.25, -0.2) is 13.2 Å². The van der Waals surface area contributed by atoms with Crippen LogP contribution in [-0.4, -0.2) is 38.0 Å². The van der Waals surface area contributed by atoms with Crippen LogP contribution in [0.5, 0.6) is 5.75 Å². The molecule has 1 aromatic carbocycles. The van der Waals surface area contributed by atoms with Crippen LogP contribution in [0, 0.1) is 5.92 Å². The third kappa shape index (κ3) is 5.02. The number of pyridine rings is 1. The summed E-state index contributed by atoms with van der Waals surface area (Å²) in [5, 5.41) is 2.44. The molecule has 1 aliphatic carbocycles. The maximum atomic E-state index is 12.4. The van der Waals surface area contributed by atoms with E-state index >= 15 is 0 Å². The minimum absolute atomic E-state index is 0.0301. The Morgan fingerprint density at radius 1 is 1.23 bits per heavy atom. The number of rotatable bonds is 8. The highest BCUT2D eigenvalue weighted by Gasteiger charge is 2.23. The van der Waals surface area contributed by atoms with Crippen LogP contribution in [0.15, 0.2) is 40.2 Å². The van der Waals surface area contributed by atoms with Crippen LogP contribution in [0.1, 0.15) is 26.7 Å². The molecule has 162 valence electrons. The predicted molar refractivity (Wildman–Crippen MR) is 114 cm³/mol. The molecule has 0 unspecified atom stereocenters. The van der Waals surface area contributed by atoms with Gasteiger partial charge in [-0.2, -0.15) is 0 Å². The number of aromatic nitrogens is 1. The van der Waals surface area contributed by atoms with Gasteiger partial charge in [0.2, 0.25) is 0 Å². The number of amides is 1. The van der Waals surface area contributed by atoms with Crippen LogP contribution in [0.25, 0.3) is 11.1 Å². The molecule has 1 heterocycles. The lowest BCUT2D eigenvalue weighted by molar-refractivity contribution is 0.168. The lowest BCUT2D eigenvalue weighted by atomic mass is 10.1. The maximum absolute atomic E-state index is 12.4. The monoisotopic (exact) mass is 434 g/mol. The average molecular weight is 435 g/mol. The number of nitrogens with one attached hydrogen (secondary N) is 1. The van der Waals surface area contributed by atoms with Gasteiger partial charge >= 0.3 is 6.09 Å². The molecule has 1 aromatic heterocycles. The molecule has 0 spiro atoms. The van der Waals surface area contributed by atoms with E-state index in [2.05, 4.69) is 5.32 Å². The normalized spacial score (nSPS) is 13.7. The number of nitrogens with zero attached hydrogens (tertiary/aromatic N) is 1. The number of hydrogen-bond acceptors (Lipinski definition) is 6. The van der Waals surface area contributed by atoms with Crippen LogP contribution < -0.4 is 15.6 Å². The van der Waals surface area contributed by atoms with Crippen molar-refractivity contribution in [3.63, 3.8) is 0 Å². The fourth-order valence-corrected chi connectivity index (χ4v) is 3.84. The van der Waals surface area contributed by atoms with E-state index in [1.165, 1.54) is 16.7 Å². The molecule has 0 atom stereocenters. The molecule has 1 saturated carbocycles. The highest BCUT2D eigenvalue weighted by molar-refractivity contribution is 7.91. The van der Waals surface area contributed by atoms with Crippen molar-refractivity contribution in [1.82, 2.24) is 4.57 Å². The van der Waals surface area contributed by atoms with Crippen molar-refractivity contribution >= 4 is 21.6 Å². The number of aryl methyl sites for hydroxylation is 1. The van der Waals surface area contributed by atoms with Crippen molar-refractivity contribution in [3.8, 4) is 16.9 Å². The lowest BCUT2D eigenvalue weighted by Gasteiger charge is -2.15. The van der Waals surface area contributed by atoms with Gasteiger partial charge in [0.25, 0.3) is 5.56 Å². The number of hydrogen-bond donors (Lipinski definition) is 1. The van der Waals surface area contributed by atoms with Crippen molar-refractivity contribution in [2.45, 2.75) is 31.6 Å². The molecule has 30 heavy (non-hydrogen) atoms. The summed E-state index contributed by atoms with van der Waals surface area (Å²) < 4.78 is 36.9. The third-order valence-corrected chi connectivity index (χ3v) is 6.60. The van der Waals surface area contributed by atoms with Gasteiger partial charge in [0.05, 0.1) is 23.9 Å². The van der Waals surface area contributed by atoms with Gasteiger partial charge < -0.3 is 14.0 Å². The molecule has 1 fully saturated rings. The van der Waals surface area contributed by atoms with E-state index in [0.29, 0.717) is 29.4 Å². The molecule has 8 nitrogen and oxygen atoms in total. The van der Waals surface area contributed by atoms with Gasteiger partial charge in [-0.1, -0.05) is 6.92 Å². The van der Waals surface area contributed by atoms with E-state index in [1.54, 1.807) is 39.2 Å². The first-order chi connectivity index (χ1) is 14.2. The molecule has 9 heteroatoms. The van der Waals surface area contributed by atoms with Crippen LogP contribution in [0.2, 0.25) is 0 Å². The number of ether oxygens (including phenoxy) is 2. The Morgan fingerprint density at radius 3 is 2.60 bits per heavy atom. The van der Waals surface area contributed by atoms with Gasteiger partial charge in [0.15, 0.2) is 9.84 Å². The summed E-state index contributed by atoms with van der Waals surface area (Å²) in [4.78, 5) is 24.4. The largest absolute Gasteiger partial charge is 0.493 e. The van der Waals surface area contributed by atoms with Crippen LogP contribution in [-0.2, 0) is 21.6 Å². The van der Waals surface area contributed by atoms with Crippen molar-refractivity contribution in [3.05, 3.63) is 40.8 Å². The van der Waals surface area contributed by atoms with Gasteiger partial charge in [-0.05, 0) is 49.9 Å². The highest BCUT2D eigenvalue weighted by atomic mass is 32.2. The SMILES string of the molecule is CCOC(=O)Nc1cc(-c2cc(S(=O)(=O)CC)ccc2OCC2CC2)cn(C)c1=O. The second kappa shape index (κ2) is 8.91. The molecule has 3 rings (SSSR count). The van der Waals surface area contributed by atoms with Crippen molar-refractivity contribution in [2.75, 3.05) is 24.3 Å². The Hall–Kier alpha value is -2.81. The Labute approximate surface area is 175 Å². The Balaban J connectivity index is 2.08. The van der Waals surface area contributed by atoms with Crippen LogP contribution in [0.3, 0.4) is 0 Å². The first-order valence-corrected chi connectivity index (χ1v) is 11.5. The zero-order valence-electron chi connectivity index (χ0n) is 17.3. The smallest absolute Gasteiger partial charge is 0.411 e. The summed E-state index contributed by atoms with van der Waals surface area (Å²) in [7, 11) is -1.88. The Bertz CT molecular complexity index is 1100. The third-order valence-electron chi connectivity index (χ3n) is 4.87. The Kier molecular flexibility index (Phi) is 6.50. The molecule has 0 bridgehead atoms. The van der Waals surface area contributed by atoms with E-state index < -0.39 is 21.5 Å². The topological polar surface area (TPSA) is 104 Å². The first-order valence-electron chi connectivity index (χ1n) is 9.89. The zero-order chi connectivity index (χ0) is 21.9. The second-order valence-corrected chi connectivity index (χ2v) is 9.50. The molecular formula is C21H26N2O6S. The fraction of sp³-hybridized carbons (Fsp3) is 0.429. The molecule has 2 aromatic rings. The summed E-state index contributed by atoms with van der Waals surface area (Å²) in [6.45, 7) is 3.96. The number of benzene rings is 1. The standard InChI is InChI=1S/C21H26N2O6S/c1-4-28-21(25)22-18-10-15(12-23(3)20(18)24)17-11-16(30(26,27)5-2)8-9-19(17)29-13-14-6-7-14/h8-12,14H,4-7,13H2,1-3H3,(H,22,25). The van der Waals surface area contributed by atoms with Gasteiger partial charge in [-0.3, -0.25) is 10.1 Å². The highest BCUT2D eigenvalue weighted by Crippen LogP contribution is 2.36. The molecule has 0 aliphatic heterocycles. The van der Waals surface area contributed by atoms with Crippen LogP contribution in [0.4, 0.5) is 10.5 Å². The van der Waals surface area contributed by atoms with Gasteiger partial charge in [0, 0.05) is 24.4 Å². The minimum Gasteiger partial charge on any atom is -0.493 e. The minimum atomic E-state index is -3.43. The Morgan fingerprint density at radius 2 is 1.97 bits per heavy atom. The number of anilines is 1. The summed E-state index contributed by atoms with van der Waals surface area (Å²) in [5.74, 6) is 1.01. The van der Waals surface area contributed by atoms with Crippen molar-refractivity contribution < 1.29 is 22.7 Å². The number of sulfone groups is 1.